The van der Waals surface area contributed by atoms with Crippen molar-refractivity contribution in [2.45, 2.75) is 25.8 Å². The number of nitrogens with zero attached hydrogens (tertiary/aromatic N) is 1. The molecule has 1 spiro atoms. The van der Waals surface area contributed by atoms with Crippen molar-refractivity contribution >= 4 is 5.91 Å². The molecule has 4 rings (SSSR count). The molecule has 0 saturated carbocycles. The number of hydrogen-bond acceptors (Lipinski definition) is 2. The van der Waals surface area contributed by atoms with Gasteiger partial charge < -0.3 is 10.2 Å². The minimum atomic E-state index is -0.123. The summed E-state index contributed by atoms with van der Waals surface area (Å²) in [5.74, 6) is 0.349. The van der Waals surface area contributed by atoms with Gasteiger partial charge in [-0.05, 0) is 42.5 Å². The van der Waals surface area contributed by atoms with Crippen LogP contribution in [-0.4, -0.2) is 30.4 Å². The predicted molar refractivity (Wildman–Crippen MR) is 96.4 cm³/mol. The Morgan fingerprint density at radius 2 is 1.71 bits per heavy atom. The summed E-state index contributed by atoms with van der Waals surface area (Å²) in [5.41, 5.74) is 3.54. The van der Waals surface area contributed by atoms with Crippen LogP contribution >= 0.6 is 0 Å². The summed E-state index contributed by atoms with van der Waals surface area (Å²) >= 11 is 0. The second-order valence-electron chi connectivity index (χ2n) is 7.10. The maximum Gasteiger partial charge on any atom is 0.230 e. The first-order valence-corrected chi connectivity index (χ1v) is 8.91. The van der Waals surface area contributed by atoms with Crippen LogP contribution in [0.1, 0.15) is 24.8 Å². The smallest absolute Gasteiger partial charge is 0.230 e. The number of carbonyl (C=O) groups excluding carboxylic acids is 1. The number of rotatable bonds is 3. The van der Waals surface area contributed by atoms with Gasteiger partial charge in [0, 0.05) is 19.6 Å². The van der Waals surface area contributed by atoms with E-state index >= 15 is 0 Å². The number of carbonyl (C=O) groups is 1. The molecule has 2 aromatic rings. The highest BCUT2D eigenvalue weighted by molar-refractivity contribution is 5.85. The lowest BCUT2D eigenvalue weighted by molar-refractivity contribution is -0.137. The quantitative estimate of drug-likeness (QED) is 0.939. The fourth-order valence-corrected chi connectivity index (χ4v) is 4.06. The summed E-state index contributed by atoms with van der Waals surface area (Å²) in [6.07, 6.45) is 3.16. The van der Waals surface area contributed by atoms with E-state index in [2.05, 4.69) is 53.8 Å². The Hall–Kier alpha value is -2.13. The highest BCUT2D eigenvalue weighted by Gasteiger charge is 2.46. The Morgan fingerprint density at radius 3 is 2.42 bits per heavy atom. The van der Waals surface area contributed by atoms with Crippen molar-refractivity contribution in [1.82, 2.24) is 10.2 Å². The molecule has 0 radical (unpaired) electrons. The second-order valence-corrected chi connectivity index (χ2v) is 7.10. The summed E-state index contributed by atoms with van der Waals surface area (Å²) in [5, 5.41) is 3.41. The molecule has 2 saturated heterocycles. The third-order valence-corrected chi connectivity index (χ3v) is 5.51. The van der Waals surface area contributed by atoms with Crippen molar-refractivity contribution in [2.75, 3.05) is 19.6 Å². The number of nitrogens with one attached hydrogen (secondary N) is 1. The van der Waals surface area contributed by atoms with Crippen molar-refractivity contribution in [3.63, 3.8) is 0 Å². The number of hydrogen-bond donors (Lipinski definition) is 1. The molecule has 1 unspecified atom stereocenters. The standard InChI is InChI=1S/C21H24N2O/c24-20-21(11-4-13-22-16-21)12-14-23(20)15-17-7-9-19(10-8-17)18-5-2-1-3-6-18/h1-3,5-10,22H,4,11-16H2. The van der Waals surface area contributed by atoms with E-state index in [0.717, 1.165) is 45.4 Å². The molecule has 2 fully saturated rings. The normalized spacial score (nSPS) is 23.8. The van der Waals surface area contributed by atoms with Gasteiger partial charge in [0.15, 0.2) is 0 Å². The van der Waals surface area contributed by atoms with Crippen LogP contribution in [0.15, 0.2) is 54.6 Å². The number of likely N-dealkylation sites (tertiary alicyclic amines) is 1. The van der Waals surface area contributed by atoms with E-state index in [1.54, 1.807) is 0 Å². The van der Waals surface area contributed by atoms with Gasteiger partial charge in [0.25, 0.3) is 0 Å². The highest BCUT2D eigenvalue weighted by atomic mass is 16.2. The first kappa shape index (κ1) is 15.4. The van der Waals surface area contributed by atoms with E-state index in [4.69, 9.17) is 0 Å². The molecule has 1 N–H and O–H groups in total. The van der Waals surface area contributed by atoms with Crippen molar-refractivity contribution in [3.05, 3.63) is 60.2 Å². The lowest BCUT2D eigenvalue weighted by Crippen LogP contribution is -2.45. The van der Waals surface area contributed by atoms with Crippen LogP contribution in [0.4, 0.5) is 0 Å². The Kier molecular flexibility index (Phi) is 4.11. The summed E-state index contributed by atoms with van der Waals surface area (Å²) in [7, 11) is 0. The lowest BCUT2D eigenvalue weighted by atomic mass is 9.79. The van der Waals surface area contributed by atoms with Gasteiger partial charge in [-0.25, -0.2) is 0 Å². The molecular formula is C21H24N2O. The molecule has 2 heterocycles. The molecule has 2 aliphatic rings. The van der Waals surface area contributed by atoms with Crippen molar-refractivity contribution in [2.24, 2.45) is 5.41 Å². The van der Waals surface area contributed by atoms with Crippen molar-refractivity contribution in [1.29, 1.82) is 0 Å². The van der Waals surface area contributed by atoms with E-state index in [9.17, 15) is 4.79 Å². The van der Waals surface area contributed by atoms with Crippen LogP contribution in [0.3, 0.4) is 0 Å². The number of amides is 1. The Labute approximate surface area is 143 Å². The lowest BCUT2D eigenvalue weighted by Gasteiger charge is -2.32. The van der Waals surface area contributed by atoms with Crippen LogP contribution in [-0.2, 0) is 11.3 Å². The molecular weight excluding hydrogens is 296 g/mol. The molecule has 3 heteroatoms. The highest BCUT2D eigenvalue weighted by Crippen LogP contribution is 2.38. The molecule has 2 aromatic carbocycles. The first-order chi connectivity index (χ1) is 11.8. The fourth-order valence-electron chi connectivity index (χ4n) is 4.06. The average Bonchev–Trinajstić information content (AvgIpc) is 2.93. The SMILES string of the molecule is O=C1N(Cc2ccc(-c3ccccc3)cc2)CCC12CCCNC2. The van der Waals surface area contributed by atoms with Gasteiger partial charge in [0.2, 0.25) is 5.91 Å². The van der Waals surface area contributed by atoms with E-state index < -0.39 is 0 Å². The van der Waals surface area contributed by atoms with Gasteiger partial charge in [0.1, 0.15) is 0 Å². The minimum Gasteiger partial charge on any atom is -0.338 e. The largest absolute Gasteiger partial charge is 0.338 e. The summed E-state index contributed by atoms with van der Waals surface area (Å²) in [4.78, 5) is 14.9. The van der Waals surface area contributed by atoms with Crippen LogP contribution in [0.2, 0.25) is 0 Å². The predicted octanol–water partition coefficient (Wildman–Crippen LogP) is 3.46. The average molecular weight is 320 g/mol. The van der Waals surface area contributed by atoms with Crippen LogP contribution < -0.4 is 5.32 Å². The topological polar surface area (TPSA) is 32.3 Å². The zero-order valence-corrected chi connectivity index (χ0v) is 14.0. The fraction of sp³-hybridized carbons (Fsp3) is 0.381. The molecule has 0 bridgehead atoms. The molecule has 2 aliphatic heterocycles. The zero-order chi connectivity index (χ0) is 16.4. The molecule has 124 valence electrons. The van der Waals surface area contributed by atoms with Crippen molar-refractivity contribution in [3.8, 4) is 11.1 Å². The van der Waals surface area contributed by atoms with Gasteiger partial charge in [-0.15, -0.1) is 0 Å². The summed E-state index contributed by atoms with van der Waals surface area (Å²) < 4.78 is 0. The minimum absolute atomic E-state index is 0.123. The number of piperidine rings is 1. The zero-order valence-electron chi connectivity index (χ0n) is 14.0. The van der Waals surface area contributed by atoms with Gasteiger partial charge in [-0.3, -0.25) is 4.79 Å². The first-order valence-electron chi connectivity index (χ1n) is 8.91. The Bertz CT molecular complexity index is 702. The van der Waals surface area contributed by atoms with Crippen LogP contribution in [0.25, 0.3) is 11.1 Å². The molecule has 1 amide bonds. The van der Waals surface area contributed by atoms with E-state index in [-0.39, 0.29) is 5.41 Å². The van der Waals surface area contributed by atoms with Crippen molar-refractivity contribution < 1.29 is 4.79 Å². The summed E-state index contributed by atoms with van der Waals surface area (Å²) in [6.45, 7) is 3.53. The number of benzene rings is 2. The monoisotopic (exact) mass is 320 g/mol. The third-order valence-electron chi connectivity index (χ3n) is 5.51. The summed E-state index contributed by atoms with van der Waals surface area (Å²) in [6, 6.07) is 19.0. The Balaban J connectivity index is 1.45. The maximum absolute atomic E-state index is 12.9. The van der Waals surface area contributed by atoms with E-state index in [1.165, 1.54) is 16.7 Å². The van der Waals surface area contributed by atoms with Crippen LogP contribution in [0.5, 0.6) is 0 Å². The Morgan fingerprint density at radius 1 is 0.958 bits per heavy atom. The van der Waals surface area contributed by atoms with Gasteiger partial charge in [-0.1, -0.05) is 54.6 Å². The molecule has 0 aromatic heterocycles. The van der Waals surface area contributed by atoms with E-state index in [0.29, 0.717) is 5.91 Å². The third kappa shape index (κ3) is 2.84. The van der Waals surface area contributed by atoms with Crippen LogP contribution in [0, 0.1) is 5.41 Å². The second kappa shape index (κ2) is 6.40. The molecule has 3 nitrogen and oxygen atoms in total. The van der Waals surface area contributed by atoms with E-state index in [1.807, 2.05) is 11.0 Å². The van der Waals surface area contributed by atoms with Gasteiger partial charge in [-0.2, -0.15) is 0 Å². The maximum atomic E-state index is 12.9. The molecule has 24 heavy (non-hydrogen) atoms. The van der Waals surface area contributed by atoms with Gasteiger partial charge >= 0.3 is 0 Å². The van der Waals surface area contributed by atoms with Gasteiger partial charge in [0.05, 0.1) is 5.41 Å². The molecule has 0 aliphatic carbocycles. The molecule has 1 atom stereocenters.